The van der Waals surface area contributed by atoms with Crippen molar-refractivity contribution in [3.8, 4) is 39.4 Å². The van der Waals surface area contributed by atoms with E-state index in [1.165, 1.54) is 37.6 Å². The smallest absolute Gasteiger partial charge is 0.268 e. The molecule has 2 bridgehead atoms. The van der Waals surface area contributed by atoms with Crippen molar-refractivity contribution in [1.29, 1.82) is 0 Å². The van der Waals surface area contributed by atoms with E-state index in [9.17, 15) is 9.18 Å². The third-order valence-corrected chi connectivity index (χ3v) is 7.12. The molecule has 4 aromatic rings. The Bertz CT molecular complexity index is 1550. The molecule has 2 aliphatic heterocycles. The average Bonchev–Trinajstić information content (AvgIpc) is 3.56. The maximum Gasteiger partial charge on any atom is 0.268 e. The number of carbonyl (C=O) groups excluding carboxylic acids is 1. The number of benzene rings is 2. The molecule has 0 radical (unpaired) electrons. The molecule has 1 amide bonds. The number of nitrogens with one attached hydrogen (secondary N) is 1. The quantitative estimate of drug-likeness (QED) is 0.403. The Morgan fingerprint density at radius 1 is 1.13 bits per heavy atom. The number of hydrogen-bond acceptors (Lipinski definition) is 7. The van der Waals surface area contributed by atoms with E-state index < -0.39 is 17.5 Å². The highest BCUT2D eigenvalue weighted by atomic mass is 19.1. The first-order valence-electron chi connectivity index (χ1n) is 12.2. The van der Waals surface area contributed by atoms with Crippen LogP contribution in [0.2, 0.25) is 0 Å². The summed E-state index contributed by atoms with van der Waals surface area (Å²) in [5, 5.41) is 3.48. The standard InChI is InChI=1S/C28H24F2N6O2/c1-38-23-6-2-5-22(30)24(23)28-34-13-21(25(35-28)27(31)37)20-9-16(29)8-19(15-4-3-7-32-11-15)26(20)36-14-17-10-18(36)12-33-17/h2-9,11,13,17-18,33H,10,12,14H2,1H3,(H2,31,37)/t17-,18-/m1/s1. The number of ether oxygens (including phenoxy) is 1. The van der Waals surface area contributed by atoms with E-state index in [-0.39, 0.29) is 34.4 Å². The first-order chi connectivity index (χ1) is 18.4. The van der Waals surface area contributed by atoms with Gasteiger partial charge in [-0.3, -0.25) is 9.78 Å². The highest BCUT2D eigenvalue weighted by molar-refractivity contribution is 6.02. The zero-order chi connectivity index (χ0) is 26.4. The lowest BCUT2D eigenvalue weighted by atomic mass is 9.94. The molecule has 8 nitrogen and oxygen atoms in total. The minimum Gasteiger partial charge on any atom is -0.496 e. The monoisotopic (exact) mass is 514 g/mol. The predicted octanol–water partition coefficient (Wildman–Crippen LogP) is 3.81. The molecule has 2 aromatic carbocycles. The fraction of sp³-hybridized carbons (Fsp3) is 0.214. The summed E-state index contributed by atoms with van der Waals surface area (Å²) >= 11 is 0. The van der Waals surface area contributed by atoms with Crippen molar-refractivity contribution in [3.05, 3.63) is 78.4 Å². The summed E-state index contributed by atoms with van der Waals surface area (Å²) in [5.41, 5.74) is 8.43. The van der Waals surface area contributed by atoms with Crippen molar-refractivity contribution in [2.24, 2.45) is 5.73 Å². The summed E-state index contributed by atoms with van der Waals surface area (Å²) < 4.78 is 35.3. The molecule has 2 atom stereocenters. The second kappa shape index (κ2) is 9.46. The first kappa shape index (κ1) is 23.9. The van der Waals surface area contributed by atoms with Gasteiger partial charge in [0.1, 0.15) is 23.1 Å². The Labute approximate surface area is 217 Å². The van der Waals surface area contributed by atoms with Gasteiger partial charge in [0.05, 0.1) is 18.4 Å². The van der Waals surface area contributed by atoms with E-state index in [2.05, 4.69) is 25.2 Å². The van der Waals surface area contributed by atoms with Gasteiger partial charge in [0.2, 0.25) is 0 Å². The van der Waals surface area contributed by atoms with E-state index in [1.54, 1.807) is 24.5 Å². The van der Waals surface area contributed by atoms with Crippen LogP contribution in [-0.4, -0.2) is 53.1 Å². The predicted molar refractivity (Wildman–Crippen MR) is 139 cm³/mol. The fourth-order valence-electron chi connectivity index (χ4n) is 5.47. The molecule has 3 N–H and O–H groups in total. The zero-order valence-corrected chi connectivity index (χ0v) is 20.5. The first-order valence-corrected chi connectivity index (χ1v) is 12.2. The molecule has 0 aliphatic carbocycles. The van der Waals surface area contributed by atoms with Crippen LogP contribution in [0.4, 0.5) is 14.5 Å². The van der Waals surface area contributed by atoms with Crippen LogP contribution in [0.5, 0.6) is 5.75 Å². The van der Waals surface area contributed by atoms with E-state index in [0.29, 0.717) is 23.7 Å². The van der Waals surface area contributed by atoms with Crippen LogP contribution >= 0.6 is 0 Å². The number of anilines is 1. The third kappa shape index (κ3) is 4.03. The molecule has 0 spiro atoms. The number of nitrogens with zero attached hydrogens (tertiary/aromatic N) is 4. The summed E-state index contributed by atoms with van der Waals surface area (Å²) in [6.07, 6.45) is 5.67. The number of piperazine rings is 1. The van der Waals surface area contributed by atoms with Gasteiger partial charge in [-0.25, -0.2) is 18.7 Å². The topological polar surface area (TPSA) is 106 Å². The Hall–Kier alpha value is -4.44. The van der Waals surface area contributed by atoms with Crippen molar-refractivity contribution in [1.82, 2.24) is 20.3 Å². The number of hydrogen-bond donors (Lipinski definition) is 2. The molecule has 2 fully saturated rings. The molecule has 0 unspecified atom stereocenters. The van der Waals surface area contributed by atoms with Crippen molar-refractivity contribution in [3.63, 3.8) is 0 Å². The minimum atomic E-state index is -0.846. The van der Waals surface area contributed by atoms with Crippen molar-refractivity contribution in [2.75, 3.05) is 25.1 Å². The Kier molecular flexibility index (Phi) is 5.96. The number of carbonyl (C=O) groups is 1. The summed E-state index contributed by atoms with van der Waals surface area (Å²) in [6.45, 7) is 1.51. The van der Waals surface area contributed by atoms with Gasteiger partial charge in [-0.1, -0.05) is 12.1 Å². The number of halogens is 2. The number of methoxy groups -OCH3 is 1. The lowest BCUT2D eigenvalue weighted by Crippen LogP contribution is -2.44. The number of aromatic nitrogens is 3. The van der Waals surface area contributed by atoms with Crippen LogP contribution in [0.15, 0.2) is 61.1 Å². The average molecular weight is 515 g/mol. The summed E-state index contributed by atoms with van der Waals surface area (Å²) in [5.74, 6) is -1.81. The van der Waals surface area contributed by atoms with Crippen molar-refractivity contribution >= 4 is 11.6 Å². The fourth-order valence-corrected chi connectivity index (χ4v) is 5.47. The van der Waals surface area contributed by atoms with Crippen LogP contribution in [0, 0.1) is 11.6 Å². The van der Waals surface area contributed by atoms with Crippen molar-refractivity contribution in [2.45, 2.75) is 18.5 Å². The van der Waals surface area contributed by atoms with E-state index in [0.717, 1.165) is 24.2 Å². The lowest BCUT2D eigenvalue weighted by molar-refractivity contribution is 0.0996. The van der Waals surface area contributed by atoms with E-state index in [4.69, 9.17) is 10.5 Å². The van der Waals surface area contributed by atoms with Crippen LogP contribution < -0.4 is 20.7 Å². The second-order valence-corrected chi connectivity index (χ2v) is 9.38. The second-order valence-electron chi connectivity index (χ2n) is 9.38. The van der Waals surface area contributed by atoms with Gasteiger partial charge in [-0.05, 0) is 36.8 Å². The Morgan fingerprint density at radius 2 is 1.97 bits per heavy atom. The SMILES string of the molecule is COc1cccc(F)c1-c1ncc(-c2cc(F)cc(-c3cccnc3)c2N2C[C@H]3C[C@@H]2CN3)c(C(N)=O)n1. The van der Waals surface area contributed by atoms with Gasteiger partial charge in [-0.15, -0.1) is 0 Å². The number of fused-ring (bicyclic) bond motifs is 2. The molecule has 2 saturated heterocycles. The maximum absolute atomic E-state index is 15.2. The van der Waals surface area contributed by atoms with Gasteiger partial charge in [0, 0.05) is 66.0 Å². The summed E-state index contributed by atoms with van der Waals surface area (Å²) in [4.78, 5) is 27.9. The summed E-state index contributed by atoms with van der Waals surface area (Å²) in [7, 11) is 1.40. The minimum absolute atomic E-state index is 0.00231. The lowest BCUT2D eigenvalue weighted by Gasteiger charge is -2.33. The maximum atomic E-state index is 15.2. The molecular formula is C28H24F2N6O2. The van der Waals surface area contributed by atoms with Gasteiger partial charge < -0.3 is 20.7 Å². The van der Waals surface area contributed by atoms with Gasteiger partial charge >= 0.3 is 0 Å². The van der Waals surface area contributed by atoms with Crippen molar-refractivity contribution < 1.29 is 18.3 Å². The molecule has 10 heteroatoms. The van der Waals surface area contributed by atoms with Gasteiger partial charge in [-0.2, -0.15) is 0 Å². The van der Waals surface area contributed by atoms with Crippen LogP contribution in [-0.2, 0) is 0 Å². The zero-order valence-electron chi connectivity index (χ0n) is 20.5. The van der Waals surface area contributed by atoms with E-state index >= 15 is 4.39 Å². The van der Waals surface area contributed by atoms with Crippen LogP contribution in [0.25, 0.3) is 33.6 Å². The number of pyridine rings is 1. The Balaban J connectivity index is 1.59. The van der Waals surface area contributed by atoms with Gasteiger partial charge in [0.15, 0.2) is 5.82 Å². The number of rotatable bonds is 6. The van der Waals surface area contributed by atoms with Crippen LogP contribution in [0.3, 0.4) is 0 Å². The third-order valence-electron chi connectivity index (χ3n) is 7.12. The molecule has 2 aliphatic rings. The molecule has 2 aromatic heterocycles. The highest BCUT2D eigenvalue weighted by Crippen LogP contribution is 2.45. The molecule has 6 rings (SSSR count). The number of nitrogens with two attached hydrogens (primary N) is 1. The number of amides is 1. The highest BCUT2D eigenvalue weighted by Gasteiger charge is 2.40. The number of primary amides is 1. The summed E-state index contributed by atoms with van der Waals surface area (Å²) in [6, 6.07) is 11.3. The molecule has 4 heterocycles. The van der Waals surface area contributed by atoms with Crippen LogP contribution in [0.1, 0.15) is 16.9 Å². The molecular weight excluding hydrogens is 490 g/mol. The van der Waals surface area contributed by atoms with E-state index in [1.807, 2.05) is 6.07 Å². The molecule has 0 saturated carbocycles. The van der Waals surface area contributed by atoms with Gasteiger partial charge in [0.25, 0.3) is 5.91 Å². The molecule has 192 valence electrons. The Morgan fingerprint density at radius 3 is 2.66 bits per heavy atom. The molecule has 38 heavy (non-hydrogen) atoms. The largest absolute Gasteiger partial charge is 0.496 e. The normalized spacial score (nSPS) is 18.1.